The number of rotatable bonds is 27. The average Bonchev–Trinajstić information content (AvgIpc) is 2.82. The topological polar surface area (TPSA) is 46.5 Å². The van der Waals surface area contributed by atoms with Crippen LogP contribution >= 0.6 is 0 Å². The Morgan fingerprint density at radius 1 is 0.588 bits per heavy atom. The van der Waals surface area contributed by atoms with E-state index in [0.29, 0.717) is 12.8 Å². The third-order valence-electron chi connectivity index (χ3n) is 6.93. The Morgan fingerprint density at radius 2 is 0.971 bits per heavy atom. The molecule has 0 bridgehead atoms. The molecule has 0 aromatic carbocycles. The smallest absolute Gasteiger partial charge is 0.308 e. The van der Waals surface area contributed by atoms with Gasteiger partial charge in [-0.25, -0.2) is 0 Å². The van der Waals surface area contributed by atoms with E-state index in [1.165, 1.54) is 109 Å². The highest BCUT2D eigenvalue weighted by molar-refractivity contribution is 5.69. The van der Waals surface area contributed by atoms with Gasteiger partial charge in [0.1, 0.15) is 0 Å². The van der Waals surface area contributed by atoms with E-state index in [2.05, 4.69) is 20.8 Å². The third kappa shape index (κ3) is 23.2. The minimum absolute atomic E-state index is 0.232. The highest BCUT2D eigenvalue weighted by atomic mass is 16.7. The summed E-state index contributed by atoms with van der Waals surface area (Å²) in [6, 6.07) is 0. The van der Waals surface area contributed by atoms with E-state index in [4.69, 9.17) is 4.74 Å². The Labute approximate surface area is 214 Å². The Hall–Kier alpha value is -0.570. The molecule has 0 heterocycles. The van der Waals surface area contributed by atoms with Gasteiger partial charge in [-0.15, -0.1) is 0 Å². The fraction of sp³-hybridized carbons (Fsp3) is 0.935. The SMILES string of the molecule is CCCCCCCC[CH]C(O)(CCCCCCCCCCCC)OC(=O)CCCCCCCC. The van der Waals surface area contributed by atoms with Crippen molar-refractivity contribution in [3.63, 3.8) is 0 Å². The largest absolute Gasteiger partial charge is 0.433 e. The van der Waals surface area contributed by atoms with Gasteiger partial charge >= 0.3 is 5.97 Å². The normalized spacial score (nSPS) is 13.2. The van der Waals surface area contributed by atoms with Crippen LogP contribution in [-0.4, -0.2) is 16.9 Å². The molecule has 1 unspecified atom stereocenters. The number of unbranched alkanes of at least 4 members (excludes halogenated alkanes) is 20. The first kappa shape index (κ1) is 33.4. The van der Waals surface area contributed by atoms with E-state index >= 15 is 0 Å². The number of hydrogen-bond donors (Lipinski definition) is 1. The van der Waals surface area contributed by atoms with Crippen LogP contribution in [0, 0.1) is 6.42 Å². The fourth-order valence-corrected chi connectivity index (χ4v) is 4.61. The standard InChI is InChI=1S/C31H61O3/c1-4-7-10-13-16-17-18-20-23-26-29-31(33,28-25-22-19-14-11-8-5-2)34-30(32)27-24-21-15-12-9-6-3/h28,33H,4-27,29H2,1-3H3. The number of esters is 1. The van der Waals surface area contributed by atoms with Crippen molar-refractivity contribution in [3.8, 4) is 0 Å². The van der Waals surface area contributed by atoms with E-state index in [0.717, 1.165) is 38.5 Å². The van der Waals surface area contributed by atoms with Crippen LogP contribution in [0.3, 0.4) is 0 Å². The number of aliphatic hydroxyl groups is 1. The summed E-state index contributed by atoms with van der Waals surface area (Å²) >= 11 is 0. The molecule has 0 aromatic rings. The fourth-order valence-electron chi connectivity index (χ4n) is 4.61. The van der Waals surface area contributed by atoms with Crippen LogP contribution in [0.1, 0.15) is 181 Å². The zero-order chi connectivity index (χ0) is 25.2. The Kier molecular flexibility index (Phi) is 25.1. The van der Waals surface area contributed by atoms with E-state index in [-0.39, 0.29) is 5.97 Å². The predicted molar refractivity (Wildman–Crippen MR) is 148 cm³/mol. The molecular formula is C31H61O3. The lowest BCUT2D eigenvalue weighted by Crippen LogP contribution is -2.35. The molecule has 0 aliphatic rings. The van der Waals surface area contributed by atoms with Crippen LogP contribution in [0.5, 0.6) is 0 Å². The van der Waals surface area contributed by atoms with Gasteiger partial charge in [-0.05, 0) is 19.3 Å². The molecular weight excluding hydrogens is 420 g/mol. The van der Waals surface area contributed by atoms with Gasteiger partial charge in [-0.3, -0.25) is 4.79 Å². The van der Waals surface area contributed by atoms with Crippen molar-refractivity contribution in [2.24, 2.45) is 0 Å². The summed E-state index contributed by atoms with van der Waals surface area (Å²) in [5.74, 6) is -1.60. The first-order chi connectivity index (χ1) is 16.6. The van der Waals surface area contributed by atoms with E-state index < -0.39 is 5.79 Å². The molecule has 0 amide bonds. The predicted octanol–water partition coefficient (Wildman–Crippen LogP) is 10.2. The van der Waals surface area contributed by atoms with Crippen LogP contribution in [0.2, 0.25) is 0 Å². The van der Waals surface area contributed by atoms with Crippen LogP contribution in [0.15, 0.2) is 0 Å². The first-order valence-electron chi connectivity index (χ1n) is 15.4. The molecule has 0 rings (SSSR count). The van der Waals surface area contributed by atoms with Crippen molar-refractivity contribution < 1.29 is 14.6 Å². The van der Waals surface area contributed by atoms with Gasteiger partial charge in [0.25, 0.3) is 0 Å². The Morgan fingerprint density at radius 3 is 1.44 bits per heavy atom. The minimum atomic E-state index is -1.37. The zero-order valence-electron chi connectivity index (χ0n) is 23.5. The molecule has 3 nitrogen and oxygen atoms in total. The molecule has 1 N–H and O–H groups in total. The maximum Gasteiger partial charge on any atom is 0.308 e. The van der Waals surface area contributed by atoms with Crippen molar-refractivity contribution in [3.05, 3.63) is 6.42 Å². The first-order valence-corrected chi connectivity index (χ1v) is 15.4. The van der Waals surface area contributed by atoms with Gasteiger partial charge in [-0.2, -0.15) is 0 Å². The van der Waals surface area contributed by atoms with Gasteiger partial charge in [-0.1, -0.05) is 149 Å². The summed E-state index contributed by atoms with van der Waals surface area (Å²) in [6.45, 7) is 6.72. The third-order valence-corrected chi connectivity index (χ3v) is 6.93. The highest BCUT2D eigenvalue weighted by Gasteiger charge is 2.30. The van der Waals surface area contributed by atoms with Crippen molar-refractivity contribution in [1.29, 1.82) is 0 Å². The maximum atomic E-state index is 12.4. The molecule has 0 spiro atoms. The molecule has 0 saturated heterocycles. The van der Waals surface area contributed by atoms with Crippen molar-refractivity contribution in [2.75, 3.05) is 0 Å². The van der Waals surface area contributed by atoms with E-state index in [1.54, 1.807) is 0 Å². The molecule has 34 heavy (non-hydrogen) atoms. The van der Waals surface area contributed by atoms with Gasteiger partial charge < -0.3 is 9.84 Å². The number of hydrogen-bond acceptors (Lipinski definition) is 3. The Balaban J connectivity index is 4.21. The second-order valence-electron chi connectivity index (χ2n) is 10.5. The van der Waals surface area contributed by atoms with Crippen LogP contribution in [-0.2, 0) is 9.53 Å². The summed E-state index contributed by atoms with van der Waals surface area (Å²) in [4.78, 5) is 12.4. The van der Waals surface area contributed by atoms with Gasteiger partial charge in [0.15, 0.2) is 0 Å². The van der Waals surface area contributed by atoms with Gasteiger partial charge in [0, 0.05) is 19.3 Å². The molecule has 0 fully saturated rings. The highest BCUT2D eigenvalue weighted by Crippen LogP contribution is 2.25. The van der Waals surface area contributed by atoms with Crippen LogP contribution in [0.4, 0.5) is 0 Å². The van der Waals surface area contributed by atoms with Gasteiger partial charge in [0.05, 0.1) is 0 Å². The van der Waals surface area contributed by atoms with Crippen LogP contribution < -0.4 is 0 Å². The number of carbonyl (C=O) groups is 1. The lowest BCUT2D eigenvalue weighted by Gasteiger charge is -2.28. The van der Waals surface area contributed by atoms with E-state index in [9.17, 15) is 9.90 Å². The lowest BCUT2D eigenvalue weighted by atomic mass is 9.98. The van der Waals surface area contributed by atoms with Crippen LogP contribution in [0.25, 0.3) is 0 Å². The zero-order valence-corrected chi connectivity index (χ0v) is 23.5. The number of ether oxygens (including phenoxy) is 1. The molecule has 1 radical (unpaired) electrons. The quantitative estimate of drug-likeness (QED) is 0.0721. The average molecular weight is 482 g/mol. The lowest BCUT2D eigenvalue weighted by molar-refractivity contribution is -0.199. The summed E-state index contributed by atoms with van der Waals surface area (Å²) in [7, 11) is 0. The van der Waals surface area contributed by atoms with E-state index in [1.807, 2.05) is 6.42 Å². The van der Waals surface area contributed by atoms with Crippen molar-refractivity contribution in [1.82, 2.24) is 0 Å². The second kappa shape index (κ2) is 25.5. The molecule has 0 aliphatic carbocycles. The molecule has 0 aliphatic heterocycles. The van der Waals surface area contributed by atoms with Crippen molar-refractivity contribution in [2.45, 2.75) is 187 Å². The summed E-state index contributed by atoms with van der Waals surface area (Å²) in [5.41, 5.74) is 0. The minimum Gasteiger partial charge on any atom is -0.433 e. The molecule has 0 saturated carbocycles. The Bertz CT molecular complexity index is 423. The molecule has 203 valence electrons. The van der Waals surface area contributed by atoms with Crippen molar-refractivity contribution >= 4 is 5.97 Å². The molecule has 0 aromatic heterocycles. The maximum absolute atomic E-state index is 12.4. The molecule has 3 heteroatoms. The van der Waals surface area contributed by atoms with Gasteiger partial charge in [0.2, 0.25) is 5.79 Å². The monoisotopic (exact) mass is 481 g/mol. The summed E-state index contributed by atoms with van der Waals surface area (Å²) < 4.78 is 5.65. The summed E-state index contributed by atoms with van der Waals surface area (Å²) in [6.07, 6.45) is 30.6. The molecule has 1 atom stereocenters. The second-order valence-corrected chi connectivity index (χ2v) is 10.5. The summed E-state index contributed by atoms with van der Waals surface area (Å²) in [5, 5.41) is 11.1. The number of carbonyl (C=O) groups excluding carboxylic acids is 1.